The van der Waals surface area contributed by atoms with Gasteiger partial charge in [-0.1, -0.05) is 30.7 Å². The molecule has 6 nitrogen and oxygen atoms in total. The summed E-state index contributed by atoms with van der Waals surface area (Å²) in [5.74, 6) is -0.261. The number of carbonyl (C=O) groups excluding carboxylic acids is 1. The number of carbonyl (C=O) groups is 1. The predicted molar refractivity (Wildman–Crippen MR) is 128 cm³/mol. The Bertz CT molecular complexity index is 1170. The maximum Gasteiger partial charge on any atom is 0.244 e. The van der Waals surface area contributed by atoms with E-state index in [9.17, 15) is 9.36 Å². The van der Waals surface area contributed by atoms with Crippen molar-refractivity contribution in [1.82, 2.24) is 10.3 Å². The van der Waals surface area contributed by atoms with Gasteiger partial charge in [0.05, 0.1) is 5.66 Å². The lowest BCUT2D eigenvalue weighted by atomic mass is 10.1. The van der Waals surface area contributed by atoms with E-state index in [0.717, 1.165) is 23.2 Å². The number of pyridine rings is 1. The summed E-state index contributed by atoms with van der Waals surface area (Å²) in [5.41, 5.74) is 2.71. The molecule has 3 atom stereocenters. The molecule has 0 aliphatic carbocycles. The van der Waals surface area contributed by atoms with Gasteiger partial charge in [-0.25, -0.2) is 0 Å². The number of benzene rings is 2. The quantitative estimate of drug-likeness (QED) is 0.490. The summed E-state index contributed by atoms with van der Waals surface area (Å²) in [4.78, 5) is 17.3. The second-order valence-electron chi connectivity index (χ2n) is 7.67. The molecule has 0 spiro atoms. The number of fused-ring (bicyclic) bond motifs is 1. The van der Waals surface area contributed by atoms with Gasteiger partial charge in [-0.3, -0.25) is 14.3 Å². The van der Waals surface area contributed by atoms with Crippen molar-refractivity contribution in [3.8, 4) is 0 Å². The highest BCUT2D eigenvalue weighted by Gasteiger charge is 2.49. The summed E-state index contributed by atoms with van der Waals surface area (Å²) >= 11 is 6.28. The molecule has 166 valence electrons. The van der Waals surface area contributed by atoms with Gasteiger partial charge < -0.3 is 15.2 Å². The van der Waals surface area contributed by atoms with Crippen LogP contribution in [-0.2, 0) is 26.8 Å². The molecule has 0 radical (unpaired) electrons. The highest BCUT2D eigenvalue weighted by molar-refractivity contribution is 7.67. The Morgan fingerprint density at radius 2 is 1.94 bits per heavy atom. The highest BCUT2D eigenvalue weighted by Crippen LogP contribution is 2.64. The fraction of sp³-hybridized carbons (Fsp3) is 0.250. The Kier molecular flexibility index (Phi) is 6.66. The first-order chi connectivity index (χ1) is 15.5. The van der Waals surface area contributed by atoms with Crippen molar-refractivity contribution in [2.24, 2.45) is 0 Å². The third-order valence-corrected chi connectivity index (χ3v) is 8.86. The maximum atomic E-state index is 14.4. The molecule has 2 heterocycles. The fourth-order valence-electron chi connectivity index (χ4n) is 4.07. The number of halogens is 1. The minimum absolute atomic E-state index is 0.261. The number of aryl methyl sites for hydroxylation is 1. The van der Waals surface area contributed by atoms with Crippen LogP contribution in [0.4, 0.5) is 5.69 Å². The highest BCUT2D eigenvalue weighted by atomic mass is 35.5. The van der Waals surface area contributed by atoms with Crippen LogP contribution in [0.3, 0.4) is 0 Å². The Morgan fingerprint density at radius 3 is 2.66 bits per heavy atom. The molecule has 0 fully saturated rings. The van der Waals surface area contributed by atoms with E-state index < -0.39 is 19.1 Å². The molecular weight excluding hydrogens is 445 g/mol. The zero-order chi connectivity index (χ0) is 22.7. The summed E-state index contributed by atoms with van der Waals surface area (Å²) in [5, 5.41) is 7.30. The van der Waals surface area contributed by atoms with Gasteiger partial charge in [-0.05, 0) is 65.6 Å². The number of nitrogens with zero attached hydrogens (tertiary/aromatic N) is 1. The Morgan fingerprint density at radius 1 is 1.16 bits per heavy atom. The monoisotopic (exact) mass is 469 g/mol. The average Bonchev–Trinajstić information content (AvgIpc) is 3.22. The first-order valence-electron chi connectivity index (χ1n) is 10.4. The van der Waals surface area contributed by atoms with Crippen molar-refractivity contribution in [1.29, 1.82) is 0 Å². The Hall–Kier alpha value is -2.66. The van der Waals surface area contributed by atoms with E-state index in [0.29, 0.717) is 22.4 Å². The molecule has 3 aromatic rings. The molecule has 0 saturated heterocycles. The molecule has 1 aliphatic heterocycles. The summed E-state index contributed by atoms with van der Waals surface area (Å²) in [6.45, 7) is 2.38. The molecule has 32 heavy (non-hydrogen) atoms. The van der Waals surface area contributed by atoms with E-state index in [1.165, 1.54) is 7.11 Å². The SMILES string of the molecule is CCc1cccc(P(=O)(OC)C2c3cc(Cl)ccc3NC2C(=O)NCc2ccncc2)c1. The van der Waals surface area contributed by atoms with Crippen LogP contribution in [0.25, 0.3) is 0 Å². The molecular formula is C24H25ClN3O3P. The normalized spacial score (nSPS) is 19.0. The standard InChI is InChI=1S/C24H25ClN3O3P/c1-3-16-5-4-6-19(13-16)32(30,31-2)23-20-14-18(25)7-8-21(20)28-22(23)24(29)27-15-17-9-11-26-12-10-17/h4-14,22-23,28H,3,15H2,1-2H3,(H,27,29). The number of rotatable bonds is 7. The third kappa shape index (κ3) is 4.31. The van der Waals surface area contributed by atoms with Gasteiger partial charge in [0.15, 0.2) is 0 Å². The van der Waals surface area contributed by atoms with Gasteiger partial charge in [-0.2, -0.15) is 0 Å². The van der Waals surface area contributed by atoms with Crippen LogP contribution in [0.5, 0.6) is 0 Å². The molecule has 2 N–H and O–H groups in total. The predicted octanol–water partition coefficient (Wildman–Crippen LogP) is 4.70. The summed E-state index contributed by atoms with van der Waals surface area (Å²) in [6, 6.07) is 15.8. The van der Waals surface area contributed by atoms with Gasteiger partial charge in [-0.15, -0.1) is 0 Å². The number of nitrogens with one attached hydrogen (secondary N) is 2. The molecule has 0 saturated carbocycles. The lowest BCUT2D eigenvalue weighted by Gasteiger charge is -2.28. The topological polar surface area (TPSA) is 80.3 Å². The van der Waals surface area contributed by atoms with Crippen molar-refractivity contribution < 1.29 is 13.9 Å². The van der Waals surface area contributed by atoms with Crippen LogP contribution in [0.2, 0.25) is 5.02 Å². The zero-order valence-electron chi connectivity index (χ0n) is 17.9. The molecule has 0 bridgehead atoms. The van der Waals surface area contributed by atoms with Crippen molar-refractivity contribution in [3.05, 3.63) is 88.7 Å². The van der Waals surface area contributed by atoms with Gasteiger partial charge >= 0.3 is 0 Å². The zero-order valence-corrected chi connectivity index (χ0v) is 19.6. The van der Waals surface area contributed by atoms with Crippen LogP contribution < -0.4 is 15.9 Å². The van der Waals surface area contributed by atoms with Crippen molar-refractivity contribution in [3.63, 3.8) is 0 Å². The molecule has 4 rings (SSSR count). The Labute approximate surface area is 192 Å². The average molecular weight is 470 g/mol. The summed E-state index contributed by atoms with van der Waals surface area (Å²) in [7, 11) is -2.05. The van der Waals surface area contributed by atoms with Gasteiger partial charge in [0.25, 0.3) is 0 Å². The fourth-order valence-corrected chi connectivity index (χ4v) is 6.84. The molecule has 1 aliphatic rings. The first-order valence-corrected chi connectivity index (χ1v) is 12.5. The van der Waals surface area contributed by atoms with E-state index in [4.69, 9.17) is 16.1 Å². The lowest BCUT2D eigenvalue weighted by molar-refractivity contribution is -0.122. The third-order valence-electron chi connectivity index (χ3n) is 5.77. The van der Waals surface area contributed by atoms with E-state index in [2.05, 4.69) is 15.6 Å². The van der Waals surface area contributed by atoms with E-state index in [1.807, 2.05) is 43.3 Å². The summed E-state index contributed by atoms with van der Waals surface area (Å²) in [6.07, 6.45) is 4.16. The van der Waals surface area contributed by atoms with E-state index in [-0.39, 0.29) is 5.91 Å². The number of anilines is 1. The first kappa shape index (κ1) is 22.5. The van der Waals surface area contributed by atoms with Crippen LogP contribution in [-0.4, -0.2) is 24.0 Å². The van der Waals surface area contributed by atoms with E-state index in [1.54, 1.807) is 30.6 Å². The van der Waals surface area contributed by atoms with Crippen LogP contribution in [0.1, 0.15) is 29.3 Å². The molecule has 2 aromatic carbocycles. The second-order valence-corrected chi connectivity index (χ2v) is 10.7. The molecule has 1 amide bonds. The van der Waals surface area contributed by atoms with Crippen molar-refractivity contribution >= 4 is 35.9 Å². The smallest absolute Gasteiger partial charge is 0.244 e. The second kappa shape index (κ2) is 9.45. The van der Waals surface area contributed by atoms with Crippen LogP contribution >= 0.6 is 19.0 Å². The summed E-state index contributed by atoms with van der Waals surface area (Å²) < 4.78 is 20.2. The van der Waals surface area contributed by atoms with Crippen LogP contribution in [0.15, 0.2) is 67.0 Å². The van der Waals surface area contributed by atoms with Crippen molar-refractivity contribution in [2.45, 2.75) is 31.6 Å². The molecule has 1 aromatic heterocycles. The van der Waals surface area contributed by atoms with Gasteiger partial charge in [0.1, 0.15) is 6.04 Å². The number of amides is 1. The molecule has 8 heteroatoms. The molecule has 3 unspecified atom stereocenters. The maximum absolute atomic E-state index is 14.4. The van der Waals surface area contributed by atoms with Gasteiger partial charge in [0.2, 0.25) is 13.3 Å². The number of aromatic nitrogens is 1. The lowest BCUT2D eigenvalue weighted by Crippen LogP contribution is -2.41. The number of hydrogen-bond donors (Lipinski definition) is 2. The van der Waals surface area contributed by atoms with Gasteiger partial charge in [0, 0.05) is 42.1 Å². The van der Waals surface area contributed by atoms with Crippen molar-refractivity contribution in [2.75, 3.05) is 12.4 Å². The van der Waals surface area contributed by atoms with Crippen LogP contribution in [0, 0.1) is 0 Å². The Balaban J connectivity index is 1.73. The number of hydrogen-bond acceptors (Lipinski definition) is 5. The minimum atomic E-state index is -3.49. The largest absolute Gasteiger partial charge is 0.372 e. The van der Waals surface area contributed by atoms with E-state index >= 15 is 0 Å². The minimum Gasteiger partial charge on any atom is -0.372 e.